The highest BCUT2D eigenvalue weighted by Crippen LogP contribution is 2.46. The third-order valence-electron chi connectivity index (χ3n) is 4.85. The fourth-order valence-corrected chi connectivity index (χ4v) is 3.48. The standard InChI is InChI=1S/C18H23NO2/c1-4-18(9-5-6-10-18)17(20)15(12-19)14-11-13(2)7-8-16(14)21-3/h7-8,11,15H,4-6,9-10H2,1-3H3. The summed E-state index contributed by atoms with van der Waals surface area (Å²) in [6.45, 7) is 4.03. The van der Waals surface area contributed by atoms with Gasteiger partial charge in [-0.1, -0.05) is 37.5 Å². The number of aryl methyl sites for hydroxylation is 1. The monoisotopic (exact) mass is 285 g/mol. The molecular weight excluding hydrogens is 262 g/mol. The first-order valence-electron chi connectivity index (χ1n) is 7.66. The minimum absolute atomic E-state index is 0.0777. The molecule has 0 aliphatic heterocycles. The second-order valence-corrected chi connectivity index (χ2v) is 6.01. The number of nitriles is 1. The molecule has 1 atom stereocenters. The lowest BCUT2D eigenvalue weighted by Crippen LogP contribution is -2.32. The van der Waals surface area contributed by atoms with E-state index >= 15 is 0 Å². The van der Waals surface area contributed by atoms with Gasteiger partial charge >= 0.3 is 0 Å². The first-order valence-corrected chi connectivity index (χ1v) is 7.66. The minimum atomic E-state index is -0.724. The quantitative estimate of drug-likeness (QED) is 0.816. The predicted molar refractivity (Wildman–Crippen MR) is 82.3 cm³/mol. The Bertz CT molecular complexity index is 565. The summed E-state index contributed by atoms with van der Waals surface area (Å²) in [6, 6.07) is 7.91. The van der Waals surface area contributed by atoms with E-state index in [0.29, 0.717) is 11.3 Å². The summed E-state index contributed by atoms with van der Waals surface area (Å²) >= 11 is 0. The van der Waals surface area contributed by atoms with Gasteiger partial charge in [-0.3, -0.25) is 4.79 Å². The molecule has 0 bridgehead atoms. The van der Waals surface area contributed by atoms with E-state index in [1.54, 1.807) is 7.11 Å². The highest BCUT2D eigenvalue weighted by atomic mass is 16.5. The average Bonchev–Trinajstić information content (AvgIpc) is 2.98. The number of carbonyl (C=O) groups is 1. The van der Waals surface area contributed by atoms with Crippen LogP contribution in [0, 0.1) is 23.7 Å². The largest absolute Gasteiger partial charge is 0.496 e. The SMILES string of the molecule is CCC1(C(=O)C(C#N)c2cc(C)ccc2OC)CCCC1. The first kappa shape index (κ1) is 15.6. The Morgan fingerprint density at radius 2 is 2.10 bits per heavy atom. The number of methoxy groups -OCH3 is 1. The highest BCUT2D eigenvalue weighted by molar-refractivity contribution is 5.94. The van der Waals surface area contributed by atoms with Crippen LogP contribution in [0.2, 0.25) is 0 Å². The van der Waals surface area contributed by atoms with Crippen molar-refractivity contribution in [3.05, 3.63) is 29.3 Å². The summed E-state index contributed by atoms with van der Waals surface area (Å²) in [5.41, 5.74) is 1.44. The Hall–Kier alpha value is -1.82. The maximum absolute atomic E-state index is 13.0. The van der Waals surface area contributed by atoms with E-state index in [1.807, 2.05) is 25.1 Å². The van der Waals surface area contributed by atoms with Crippen molar-refractivity contribution in [2.45, 2.75) is 51.9 Å². The second-order valence-electron chi connectivity index (χ2n) is 6.01. The van der Waals surface area contributed by atoms with Crippen molar-refractivity contribution in [1.29, 1.82) is 5.26 Å². The van der Waals surface area contributed by atoms with E-state index in [4.69, 9.17) is 4.74 Å². The summed E-state index contributed by atoms with van der Waals surface area (Å²) in [4.78, 5) is 13.0. The smallest absolute Gasteiger partial charge is 0.160 e. The number of Topliss-reactive ketones (excluding diaryl/α,β-unsaturated/α-hetero) is 1. The van der Waals surface area contributed by atoms with Crippen LogP contribution in [0.4, 0.5) is 0 Å². The lowest BCUT2D eigenvalue weighted by atomic mass is 9.73. The third kappa shape index (κ3) is 2.81. The number of benzene rings is 1. The van der Waals surface area contributed by atoms with Crippen LogP contribution in [-0.4, -0.2) is 12.9 Å². The number of nitrogens with zero attached hydrogens (tertiary/aromatic N) is 1. The van der Waals surface area contributed by atoms with Gasteiger partial charge in [0.05, 0.1) is 13.2 Å². The molecule has 2 rings (SSSR count). The average molecular weight is 285 g/mol. The normalized spacial score (nSPS) is 18.0. The number of hydrogen-bond donors (Lipinski definition) is 0. The van der Waals surface area contributed by atoms with E-state index in [1.165, 1.54) is 0 Å². The van der Waals surface area contributed by atoms with Crippen LogP contribution in [-0.2, 0) is 4.79 Å². The molecule has 0 heterocycles. The van der Waals surface area contributed by atoms with Gasteiger partial charge in [-0.2, -0.15) is 5.26 Å². The zero-order valence-corrected chi connectivity index (χ0v) is 13.1. The molecule has 21 heavy (non-hydrogen) atoms. The van der Waals surface area contributed by atoms with Crippen molar-refractivity contribution in [2.75, 3.05) is 7.11 Å². The number of hydrogen-bond acceptors (Lipinski definition) is 3. The van der Waals surface area contributed by atoms with E-state index in [-0.39, 0.29) is 11.2 Å². The molecule has 1 fully saturated rings. The van der Waals surface area contributed by atoms with Gasteiger partial charge in [0, 0.05) is 11.0 Å². The maximum Gasteiger partial charge on any atom is 0.160 e. The number of ether oxygens (including phenoxy) is 1. The zero-order chi connectivity index (χ0) is 15.5. The Labute approximate surface area is 126 Å². The molecule has 0 radical (unpaired) electrons. The minimum Gasteiger partial charge on any atom is -0.496 e. The molecule has 1 aliphatic rings. The van der Waals surface area contributed by atoms with Crippen molar-refractivity contribution < 1.29 is 9.53 Å². The molecule has 0 amide bonds. The summed E-state index contributed by atoms with van der Waals surface area (Å²) in [7, 11) is 1.58. The Morgan fingerprint density at radius 3 is 2.62 bits per heavy atom. The molecule has 1 aliphatic carbocycles. The Balaban J connectivity index is 2.43. The maximum atomic E-state index is 13.0. The molecule has 1 saturated carbocycles. The summed E-state index contributed by atoms with van der Waals surface area (Å²) in [5.74, 6) is -0.0171. The third-order valence-corrected chi connectivity index (χ3v) is 4.85. The molecule has 3 heteroatoms. The number of carbonyl (C=O) groups excluding carboxylic acids is 1. The number of rotatable bonds is 5. The van der Waals surface area contributed by atoms with Gasteiger partial charge in [0.25, 0.3) is 0 Å². The molecule has 112 valence electrons. The van der Waals surface area contributed by atoms with Crippen molar-refractivity contribution in [2.24, 2.45) is 5.41 Å². The highest BCUT2D eigenvalue weighted by Gasteiger charge is 2.43. The Kier molecular flexibility index (Phi) is 4.67. The van der Waals surface area contributed by atoms with Gasteiger partial charge in [0.15, 0.2) is 5.78 Å². The molecular formula is C18H23NO2. The van der Waals surface area contributed by atoms with E-state index in [9.17, 15) is 10.1 Å². The van der Waals surface area contributed by atoms with Crippen LogP contribution in [0.15, 0.2) is 18.2 Å². The van der Waals surface area contributed by atoms with Crippen molar-refractivity contribution in [3.8, 4) is 11.8 Å². The molecule has 1 aromatic rings. The van der Waals surface area contributed by atoms with Gasteiger partial charge in [-0.05, 0) is 32.3 Å². The molecule has 0 aromatic heterocycles. The topological polar surface area (TPSA) is 50.1 Å². The van der Waals surface area contributed by atoms with Crippen molar-refractivity contribution in [1.82, 2.24) is 0 Å². The van der Waals surface area contributed by atoms with Crippen LogP contribution in [0.3, 0.4) is 0 Å². The van der Waals surface area contributed by atoms with Gasteiger partial charge in [-0.25, -0.2) is 0 Å². The van der Waals surface area contributed by atoms with Crippen molar-refractivity contribution in [3.63, 3.8) is 0 Å². The van der Waals surface area contributed by atoms with E-state index in [2.05, 4.69) is 13.0 Å². The molecule has 3 nitrogen and oxygen atoms in total. The summed E-state index contributed by atoms with van der Waals surface area (Å²) < 4.78 is 5.36. The molecule has 1 aromatic carbocycles. The predicted octanol–water partition coefficient (Wildman–Crippen LogP) is 4.15. The van der Waals surface area contributed by atoms with Crippen molar-refractivity contribution >= 4 is 5.78 Å². The fraction of sp³-hybridized carbons (Fsp3) is 0.556. The lowest BCUT2D eigenvalue weighted by Gasteiger charge is -2.28. The molecule has 0 saturated heterocycles. The van der Waals surface area contributed by atoms with Crippen LogP contribution in [0.5, 0.6) is 5.75 Å². The van der Waals surface area contributed by atoms with Gasteiger partial charge < -0.3 is 4.74 Å². The van der Waals surface area contributed by atoms with Gasteiger partial charge in [-0.15, -0.1) is 0 Å². The van der Waals surface area contributed by atoms with E-state index < -0.39 is 5.92 Å². The number of ketones is 1. The lowest BCUT2D eigenvalue weighted by molar-refractivity contribution is -0.129. The van der Waals surface area contributed by atoms with E-state index in [0.717, 1.165) is 37.7 Å². The Morgan fingerprint density at radius 1 is 1.43 bits per heavy atom. The van der Waals surface area contributed by atoms with Gasteiger partial charge in [0.2, 0.25) is 0 Å². The van der Waals surface area contributed by atoms with Crippen LogP contribution in [0.1, 0.15) is 56.1 Å². The molecule has 0 spiro atoms. The molecule has 0 N–H and O–H groups in total. The molecule has 1 unspecified atom stereocenters. The van der Waals surface area contributed by atoms with Crippen LogP contribution in [0.25, 0.3) is 0 Å². The summed E-state index contributed by atoms with van der Waals surface area (Å²) in [6.07, 6.45) is 4.81. The fourth-order valence-electron chi connectivity index (χ4n) is 3.48. The van der Waals surface area contributed by atoms with Crippen LogP contribution >= 0.6 is 0 Å². The zero-order valence-electron chi connectivity index (χ0n) is 13.1. The summed E-state index contributed by atoms with van der Waals surface area (Å²) in [5, 5.41) is 9.60. The van der Waals surface area contributed by atoms with Gasteiger partial charge in [0.1, 0.15) is 11.7 Å². The van der Waals surface area contributed by atoms with Crippen LogP contribution < -0.4 is 4.74 Å². The second kappa shape index (κ2) is 6.30. The first-order chi connectivity index (χ1) is 10.1.